The highest BCUT2D eigenvalue weighted by Gasteiger charge is 2.22. The molecular weight excluding hydrogens is 274 g/mol. The molecule has 0 saturated carbocycles. The van der Waals surface area contributed by atoms with E-state index in [4.69, 9.17) is 5.11 Å². The van der Waals surface area contributed by atoms with Gasteiger partial charge in [-0.1, -0.05) is 0 Å². The van der Waals surface area contributed by atoms with Crippen molar-refractivity contribution in [3.63, 3.8) is 0 Å². The normalized spacial score (nSPS) is 19.4. The molecule has 1 fully saturated rings. The predicted molar refractivity (Wildman–Crippen MR) is 79.6 cm³/mol. The Balaban J connectivity index is 1.83. The molecule has 1 N–H and O–H groups in total. The van der Waals surface area contributed by atoms with Crippen LogP contribution < -0.4 is 0 Å². The summed E-state index contributed by atoms with van der Waals surface area (Å²) >= 11 is 1.56. The highest BCUT2D eigenvalue weighted by Crippen LogP contribution is 2.21. The van der Waals surface area contributed by atoms with Gasteiger partial charge in [0, 0.05) is 39.2 Å². The lowest BCUT2D eigenvalue weighted by atomic mass is 10.1. The second-order valence-electron chi connectivity index (χ2n) is 5.60. The first kappa shape index (κ1) is 15.4. The zero-order valence-corrected chi connectivity index (χ0v) is 13.0. The first-order valence-corrected chi connectivity index (χ1v) is 7.93. The molecule has 2 rings (SSSR count). The minimum absolute atomic E-state index is 0.0927. The summed E-state index contributed by atoms with van der Waals surface area (Å²) in [5, 5.41) is 11.9. The maximum absolute atomic E-state index is 11.6. The van der Waals surface area contributed by atoms with Crippen LogP contribution in [-0.4, -0.2) is 59.6 Å². The molecule has 1 aromatic heterocycles. The van der Waals surface area contributed by atoms with Gasteiger partial charge < -0.3 is 10.0 Å². The highest BCUT2D eigenvalue weighted by atomic mass is 32.1. The Morgan fingerprint density at radius 3 is 3.10 bits per heavy atom. The van der Waals surface area contributed by atoms with Crippen LogP contribution in [0, 0.1) is 5.92 Å². The Morgan fingerprint density at radius 2 is 2.40 bits per heavy atom. The third-order valence-electron chi connectivity index (χ3n) is 3.69. The van der Waals surface area contributed by atoms with Gasteiger partial charge in [0.05, 0.1) is 12.1 Å². The summed E-state index contributed by atoms with van der Waals surface area (Å²) in [6.45, 7) is 3.26. The lowest BCUT2D eigenvalue weighted by Gasteiger charge is -2.14. The smallest absolute Gasteiger partial charge is 0.228 e. The summed E-state index contributed by atoms with van der Waals surface area (Å²) in [6.07, 6.45) is 2.46. The molecule has 1 aliphatic heterocycles. The van der Waals surface area contributed by atoms with Crippen LogP contribution in [0.25, 0.3) is 0 Å². The Bertz CT molecular complexity index is 447. The molecule has 20 heavy (non-hydrogen) atoms. The van der Waals surface area contributed by atoms with Crippen LogP contribution in [0.15, 0.2) is 5.38 Å². The number of likely N-dealkylation sites (N-methyl/N-ethyl adjacent to an activating group) is 1. The fraction of sp³-hybridized carbons (Fsp3) is 0.714. The van der Waals surface area contributed by atoms with Gasteiger partial charge in [0.25, 0.3) is 0 Å². The van der Waals surface area contributed by atoms with Crippen LogP contribution >= 0.6 is 11.3 Å². The van der Waals surface area contributed by atoms with Gasteiger partial charge in [-0.05, 0) is 25.3 Å². The third kappa shape index (κ3) is 4.26. The van der Waals surface area contributed by atoms with Crippen molar-refractivity contribution >= 4 is 17.2 Å². The minimum Gasteiger partial charge on any atom is -0.396 e. The molecule has 0 aliphatic carbocycles. The topological polar surface area (TPSA) is 56.7 Å². The average Bonchev–Trinajstić information content (AvgIpc) is 3.00. The van der Waals surface area contributed by atoms with Gasteiger partial charge >= 0.3 is 0 Å². The fourth-order valence-electron chi connectivity index (χ4n) is 2.49. The fourth-order valence-corrected chi connectivity index (χ4v) is 3.27. The van der Waals surface area contributed by atoms with E-state index in [0.29, 0.717) is 12.3 Å². The summed E-state index contributed by atoms with van der Waals surface area (Å²) in [6, 6.07) is 0. The number of hydrogen-bond acceptors (Lipinski definition) is 5. The molecule has 1 atom stereocenters. The number of aromatic nitrogens is 1. The van der Waals surface area contributed by atoms with Crippen molar-refractivity contribution < 1.29 is 9.90 Å². The molecule has 0 aromatic carbocycles. The second-order valence-corrected chi connectivity index (χ2v) is 6.54. The summed E-state index contributed by atoms with van der Waals surface area (Å²) in [4.78, 5) is 20.2. The number of aliphatic hydroxyl groups excluding tert-OH is 1. The zero-order valence-electron chi connectivity index (χ0n) is 12.2. The minimum atomic E-state index is 0.0927. The van der Waals surface area contributed by atoms with Crippen LogP contribution in [0.1, 0.15) is 23.5 Å². The SMILES string of the molecule is CN(C)C(=O)Cc1nc(CN2CCC(CCO)C2)cs1. The monoisotopic (exact) mass is 297 g/mol. The number of aliphatic hydroxyl groups is 1. The molecule has 0 bridgehead atoms. The molecule has 6 heteroatoms. The third-order valence-corrected chi connectivity index (χ3v) is 4.59. The summed E-state index contributed by atoms with van der Waals surface area (Å²) in [5.74, 6) is 0.712. The van der Waals surface area contributed by atoms with Crippen LogP contribution in [0.4, 0.5) is 0 Å². The van der Waals surface area contributed by atoms with Crippen molar-refractivity contribution in [1.82, 2.24) is 14.8 Å². The quantitative estimate of drug-likeness (QED) is 0.850. The first-order chi connectivity index (χ1) is 9.58. The van der Waals surface area contributed by atoms with E-state index in [-0.39, 0.29) is 12.5 Å². The van der Waals surface area contributed by atoms with E-state index in [1.807, 2.05) is 0 Å². The number of likely N-dealkylation sites (tertiary alicyclic amines) is 1. The molecule has 1 amide bonds. The Labute approximate surface area is 124 Å². The van der Waals surface area contributed by atoms with E-state index in [1.54, 1.807) is 30.3 Å². The molecule has 2 heterocycles. The van der Waals surface area contributed by atoms with Crippen molar-refractivity contribution in [2.45, 2.75) is 25.8 Å². The van der Waals surface area contributed by atoms with Gasteiger partial charge in [-0.3, -0.25) is 9.69 Å². The van der Waals surface area contributed by atoms with E-state index >= 15 is 0 Å². The highest BCUT2D eigenvalue weighted by molar-refractivity contribution is 7.09. The van der Waals surface area contributed by atoms with Gasteiger partial charge in [0.15, 0.2) is 0 Å². The molecule has 0 spiro atoms. The van der Waals surface area contributed by atoms with E-state index in [0.717, 1.165) is 43.2 Å². The molecular formula is C14H23N3O2S. The Kier molecular flexibility index (Phi) is 5.51. The van der Waals surface area contributed by atoms with Crippen molar-refractivity contribution in [1.29, 1.82) is 0 Å². The lowest BCUT2D eigenvalue weighted by molar-refractivity contribution is -0.127. The van der Waals surface area contributed by atoms with Crippen molar-refractivity contribution in [2.24, 2.45) is 5.92 Å². The molecule has 1 saturated heterocycles. The number of nitrogens with zero attached hydrogens (tertiary/aromatic N) is 3. The summed E-state index contributed by atoms with van der Waals surface area (Å²) in [5.41, 5.74) is 1.06. The van der Waals surface area contributed by atoms with Gasteiger partial charge in [0.2, 0.25) is 5.91 Å². The standard InChI is InChI=1S/C14H23N3O2S/c1-16(2)14(19)7-13-15-12(10-20-13)9-17-5-3-11(8-17)4-6-18/h10-11,18H,3-9H2,1-2H3. The van der Waals surface area contributed by atoms with E-state index in [2.05, 4.69) is 15.3 Å². The van der Waals surface area contributed by atoms with Crippen LogP contribution in [-0.2, 0) is 17.8 Å². The lowest BCUT2D eigenvalue weighted by Crippen LogP contribution is -2.23. The Morgan fingerprint density at radius 1 is 1.60 bits per heavy atom. The zero-order chi connectivity index (χ0) is 14.5. The summed E-state index contributed by atoms with van der Waals surface area (Å²) < 4.78 is 0. The maximum atomic E-state index is 11.6. The molecule has 5 nitrogen and oxygen atoms in total. The van der Waals surface area contributed by atoms with Crippen LogP contribution in [0.2, 0.25) is 0 Å². The molecule has 112 valence electrons. The molecule has 1 unspecified atom stereocenters. The van der Waals surface area contributed by atoms with Gasteiger partial charge in [0.1, 0.15) is 5.01 Å². The number of carbonyl (C=O) groups is 1. The average molecular weight is 297 g/mol. The largest absolute Gasteiger partial charge is 0.396 e. The van der Waals surface area contributed by atoms with Gasteiger partial charge in [-0.2, -0.15) is 0 Å². The van der Waals surface area contributed by atoms with E-state index < -0.39 is 0 Å². The maximum Gasteiger partial charge on any atom is 0.228 e. The molecule has 1 aliphatic rings. The second kappa shape index (κ2) is 7.15. The van der Waals surface area contributed by atoms with Crippen molar-refractivity contribution in [3.8, 4) is 0 Å². The Hall–Kier alpha value is -0.980. The van der Waals surface area contributed by atoms with Crippen LogP contribution in [0.5, 0.6) is 0 Å². The first-order valence-electron chi connectivity index (χ1n) is 7.05. The number of amides is 1. The molecule has 1 aromatic rings. The predicted octanol–water partition coefficient (Wildman–Crippen LogP) is 0.978. The number of hydrogen-bond donors (Lipinski definition) is 1. The van der Waals surface area contributed by atoms with Crippen LogP contribution in [0.3, 0.4) is 0 Å². The van der Waals surface area contributed by atoms with E-state index in [1.165, 1.54) is 0 Å². The molecule has 0 radical (unpaired) electrons. The number of rotatable bonds is 6. The van der Waals surface area contributed by atoms with Gasteiger partial charge in [-0.25, -0.2) is 4.98 Å². The van der Waals surface area contributed by atoms with Gasteiger partial charge in [-0.15, -0.1) is 11.3 Å². The van der Waals surface area contributed by atoms with E-state index in [9.17, 15) is 4.79 Å². The van der Waals surface area contributed by atoms with Crippen molar-refractivity contribution in [2.75, 3.05) is 33.8 Å². The van der Waals surface area contributed by atoms with Crippen molar-refractivity contribution in [3.05, 3.63) is 16.1 Å². The number of thiazole rings is 1. The summed E-state index contributed by atoms with van der Waals surface area (Å²) in [7, 11) is 3.53. The number of carbonyl (C=O) groups excluding carboxylic acids is 1.